The van der Waals surface area contributed by atoms with Crippen LogP contribution in [0, 0.1) is 5.92 Å². The molecule has 1 saturated carbocycles. The summed E-state index contributed by atoms with van der Waals surface area (Å²) in [5.74, 6) is 0.0185. The predicted molar refractivity (Wildman–Crippen MR) is 82.7 cm³/mol. The molecule has 0 heterocycles. The van der Waals surface area contributed by atoms with Gasteiger partial charge in [-0.3, -0.25) is 4.79 Å². The largest absolute Gasteiger partial charge is 0.497 e. The van der Waals surface area contributed by atoms with Crippen LogP contribution in [0.3, 0.4) is 0 Å². The van der Waals surface area contributed by atoms with E-state index in [2.05, 4.69) is 5.32 Å². The number of methoxy groups -OCH3 is 1. The van der Waals surface area contributed by atoms with Gasteiger partial charge in [0.05, 0.1) is 7.11 Å². The van der Waals surface area contributed by atoms with E-state index in [0.717, 1.165) is 6.42 Å². The zero-order valence-corrected chi connectivity index (χ0v) is 12.9. The molecule has 1 aromatic carbocycles. The molecule has 0 bridgehead atoms. The molecule has 1 aliphatic carbocycles. The molecule has 0 spiro atoms. The van der Waals surface area contributed by atoms with E-state index in [-0.39, 0.29) is 5.91 Å². The first-order valence-corrected chi connectivity index (χ1v) is 7.76. The van der Waals surface area contributed by atoms with Gasteiger partial charge in [-0.1, -0.05) is 37.8 Å². The molecule has 1 amide bonds. The smallest absolute Gasteiger partial charge is 0.330 e. The van der Waals surface area contributed by atoms with Crippen molar-refractivity contribution in [2.24, 2.45) is 5.92 Å². The fourth-order valence-electron chi connectivity index (χ4n) is 2.95. The van der Waals surface area contributed by atoms with Gasteiger partial charge in [-0.2, -0.15) is 0 Å². The topological polar surface area (TPSA) is 75.6 Å². The Hall–Kier alpha value is -2.04. The van der Waals surface area contributed by atoms with Crippen LogP contribution in [0.1, 0.15) is 50.1 Å². The van der Waals surface area contributed by atoms with Gasteiger partial charge in [0.15, 0.2) is 6.04 Å². The summed E-state index contributed by atoms with van der Waals surface area (Å²) in [4.78, 5) is 23.4. The highest BCUT2D eigenvalue weighted by molar-refractivity contribution is 5.84. The fourth-order valence-corrected chi connectivity index (χ4v) is 2.95. The first kappa shape index (κ1) is 16.3. The van der Waals surface area contributed by atoms with Gasteiger partial charge >= 0.3 is 5.97 Å². The third-order valence-corrected chi connectivity index (χ3v) is 4.26. The molecule has 5 nitrogen and oxygen atoms in total. The first-order chi connectivity index (χ1) is 10.6. The van der Waals surface area contributed by atoms with Gasteiger partial charge in [-0.25, -0.2) is 4.79 Å². The van der Waals surface area contributed by atoms with E-state index >= 15 is 0 Å². The molecule has 0 radical (unpaired) electrons. The van der Waals surface area contributed by atoms with Crippen LogP contribution in [0.2, 0.25) is 0 Å². The van der Waals surface area contributed by atoms with Crippen LogP contribution in [0.5, 0.6) is 5.75 Å². The molecule has 1 unspecified atom stereocenters. The summed E-state index contributed by atoms with van der Waals surface area (Å²) in [5, 5.41) is 12.0. The Kier molecular flexibility index (Phi) is 5.81. The van der Waals surface area contributed by atoms with Crippen LogP contribution in [0.15, 0.2) is 24.3 Å². The molecule has 1 atom stereocenters. The average molecular weight is 305 g/mol. The maximum absolute atomic E-state index is 12.0. The summed E-state index contributed by atoms with van der Waals surface area (Å²) < 4.78 is 5.05. The van der Waals surface area contributed by atoms with Crippen molar-refractivity contribution in [2.45, 2.75) is 44.6 Å². The standard InChI is InChI=1S/C17H23NO4/c1-22-14-9-7-13(8-10-14)16(17(20)21)18-15(19)11-6-12-4-2-3-5-12/h7-10,12,16H,2-6,11H2,1H3,(H,18,19)(H,20,21). The third-order valence-electron chi connectivity index (χ3n) is 4.26. The normalized spacial score (nSPS) is 16.2. The summed E-state index contributed by atoms with van der Waals surface area (Å²) in [6.45, 7) is 0. The van der Waals surface area contributed by atoms with Crippen molar-refractivity contribution < 1.29 is 19.4 Å². The number of aliphatic carboxylic acids is 1. The quantitative estimate of drug-likeness (QED) is 0.812. The molecule has 1 fully saturated rings. The van der Waals surface area contributed by atoms with E-state index in [1.807, 2.05) is 0 Å². The molecule has 0 aliphatic heterocycles. The van der Waals surface area contributed by atoms with Gasteiger partial charge in [0, 0.05) is 6.42 Å². The van der Waals surface area contributed by atoms with E-state index in [9.17, 15) is 14.7 Å². The van der Waals surface area contributed by atoms with E-state index < -0.39 is 12.0 Å². The molecule has 1 aromatic rings. The summed E-state index contributed by atoms with van der Waals surface area (Å²) in [6.07, 6.45) is 6.11. The molecule has 120 valence electrons. The molecule has 5 heteroatoms. The van der Waals surface area contributed by atoms with Gasteiger partial charge in [-0.05, 0) is 30.0 Å². The number of amides is 1. The van der Waals surface area contributed by atoms with Crippen LogP contribution < -0.4 is 10.1 Å². The van der Waals surface area contributed by atoms with Crippen molar-refractivity contribution in [3.63, 3.8) is 0 Å². The minimum Gasteiger partial charge on any atom is -0.497 e. The van der Waals surface area contributed by atoms with E-state index in [0.29, 0.717) is 23.7 Å². The summed E-state index contributed by atoms with van der Waals surface area (Å²) in [6, 6.07) is 5.69. The number of hydrogen-bond acceptors (Lipinski definition) is 3. The maximum Gasteiger partial charge on any atom is 0.330 e. The molecular formula is C17H23NO4. The number of benzene rings is 1. The Morgan fingerprint density at radius 1 is 1.27 bits per heavy atom. The number of hydrogen-bond donors (Lipinski definition) is 2. The van der Waals surface area contributed by atoms with Gasteiger partial charge in [0.25, 0.3) is 0 Å². The number of nitrogens with one attached hydrogen (secondary N) is 1. The summed E-state index contributed by atoms with van der Waals surface area (Å²) >= 11 is 0. The highest BCUT2D eigenvalue weighted by atomic mass is 16.5. The molecule has 2 rings (SSSR count). The van der Waals surface area contributed by atoms with Gasteiger partial charge in [0.2, 0.25) is 5.91 Å². The van der Waals surface area contributed by atoms with Crippen molar-refractivity contribution in [3.8, 4) is 5.75 Å². The van der Waals surface area contributed by atoms with Crippen LogP contribution in [0.4, 0.5) is 0 Å². The number of carboxylic acids is 1. The van der Waals surface area contributed by atoms with E-state index in [1.165, 1.54) is 25.7 Å². The van der Waals surface area contributed by atoms with Crippen LogP contribution in [0.25, 0.3) is 0 Å². The van der Waals surface area contributed by atoms with Crippen molar-refractivity contribution >= 4 is 11.9 Å². The minimum absolute atomic E-state index is 0.199. The molecule has 1 aliphatic rings. The van der Waals surface area contributed by atoms with Gasteiger partial charge in [0.1, 0.15) is 5.75 Å². The Balaban J connectivity index is 1.92. The second-order valence-corrected chi connectivity index (χ2v) is 5.80. The Morgan fingerprint density at radius 3 is 2.45 bits per heavy atom. The van der Waals surface area contributed by atoms with Crippen molar-refractivity contribution in [1.82, 2.24) is 5.32 Å². The lowest BCUT2D eigenvalue weighted by atomic mass is 10.0. The van der Waals surface area contributed by atoms with Gasteiger partial charge < -0.3 is 15.2 Å². The molecule has 22 heavy (non-hydrogen) atoms. The van der Waals surface area contributed by atoms with Crippen LogP contribution in [-0.2, 0) is 9.59 Å². The summed E-state index contributed by atoms with van der Waals surface area (Å²) in [7, 11) is 1.55. The van der Waals surface area contributed by atoms with E-state index in [4.69, 9.17) is 4.74 Å². The zero-order valence-electron chi connectivity index (χ0n) is 12.9. The van der Waals surface area contributed by atoms with Gasteiger partial charge in [-0.15, -0.1) is 0 Å². The third kappa shape index (κ3) is 4.48. The zero-order chi connectivity index (χ0) is 15.9. The van der Waals surface area contributed by atoms with E-state index in [1.54, 1.807) is 31.4 Å². The number of carbonyl (C=O) groups excluding carboxylic acids is 1. The lowest BCUT2D eigenvalue weighted by Crippen LogP contribution is -2.33. The van der Waals surface area contributed by atoms with Crippen molar-refractivity contribution in [1.29, 1.82) is 0 Å². The Labute approximate surface area is 130 Å². The molecular weight excluding hydrogens is 282 g/mol. The van der Waals surface area contributed by atoms with Crippen LogP contribution >= 0.6 is 0 Å². The number of rotatable bonds is 7. The number of ether oxygens (including phenoxy) is 1. The SMILES string of the molecule is COc1ccc(C(NC(=O)CCC2CCCC2)C(=O)O)cc1. The maximum atomic E-state index is 12.0. The first-order valence-electron chi connectivity index (χ1n) is 7.76. The second-order valence-electron chi connectivity index (χ2n) is 5.80. The van der Waals surface area contributed by atoms with Crippen molar-refractivity contribution in [2.75, 3.05) is 7.11 Å². The molecule has 0 saturated heterocycles. The Morgan fingerprint density at radius 2 is 1.91 bits per heavy atom. The predicted octanol–water partition coefficient (Wildman–Crippen LogP) is 2.91. The number of carboxylic acid groups (broad SMARTS) is 1. The molecule has 2 N–H and O–H groups in total. The van der Waals surface area contributed by atoms with Crippen LogP contribution in [-0.4, -0.2) is 24.1 Å². The Bertz CT molecular complexity index is 506. The lowest BCUT2D eigenvalue weighted by molar-refractivity contribution is -0.142. The summed E-state index contributed by atoms with van der Waals surface area (Å²) in [5.41, 5.74) is 0.544. The fraction of sp³-hybridized carbons (Fsp3) is 0.529. The highest BCUT2D eigenvalue weighted by Crippen LogP contribution is 2.28. The van der Waals surface area contributed by atoms with Crippen molar-refractivity contribution in [3.05, 3.63) is 29.8 Å². The average Bonchev–Trinajstić information content (AvgIpc) is 3.04. The minimum atomic E-state index is -1.06. The monoisotopic (exact) mass is 305 g/mol. The lowest BCUT2D eigenvalue weighted by Gasteiger charge is -2.16. The molecule has 0 aromatic heterocycles. The highest BCUT2D eigenvalue weighted by Gasteiger charge is 2.23. The number of carbonyl (C=O) groups is 2. The second kappa shape index (κ2) is 7.82.